The minimum absolute atomic E-state index is 0.427. The number of rotatable bonds is 3. The fourth-order valence-electron chi connectivity index (χ4n) is 0.772. The number of carbonyl (C=O) groups excluding carboxylic acids is 1. The predicted octanol–water partition coefficient (Wildman–Crippen LogP) is 2.28. The maximum absolute atomic E-state index is 12.3. The Kier molecular flexibility index (Phi) is 4.16. The van der Waals surface area contributed by atoms with E-state index in [9.17, 15) is 9.18 Å². The third-order valence-corrected chi connectivity index (χ3v) is 2.27. The van der Waals surface area contributed by atoms with E-state index in [2.05, 4.69) is 10.3 Å². The van der Waals surface area contributed by atoms with E-state index in [1.54, 1.807) is 12.1 Å². The third-order valence-electron chi connectivity index (χ3n) is 1.41. The Balaban J connectivity index is 2.64. The van der Waals surface area contributed by atoms with Crippen molar-refractivity contribution in [3.8, 4) is 0 Å². The zero-order chi connectivity index (χ0) is 10.6. The van der Waals surface area contributed by atoms with Crippen LogP contribution in [0.5, 0.6) is 0 Å². The number of thioether (sulfide) groups is 1. The number of amides is 1. The number of pyridine rings is 1. The summed E-state index contributed by atoms with van der Waals surface area (Å²) in [5, 5.41) is 3.10. The summed E-state index contributed by atoms with van der Waals surface area (Å²) in [6.45, 7) is 0. The number of nitrogens with one attached hydrogen (secondary N) is 1. The monoisotopic (exact) mass is 234 g/mol. The molecule has 0 spiro atoms. The first-order chi connectivity index (χ1) is 6.63. The smallest absolute Gasteiger partial charge is 0.274 e. The number of hydrogen-bond donors (Lipinski definition) is 1. The van der Waals surface area contributed by atoms with E-state index in [1.807, 2.05) is 6.26 Å². The lowest BCUT2D eigenvalue weighted by atomic mass is 10.4. The number of anilines is 1. The molecule has 1 atom stereocenters. The lowest BCUT2D eigenvalue weighted by Gasteiger charge is -2.04. The van der Waals surface area contributed by atoms with Gasteiger partial charge in [-0.1, -0.05) is 11.6 Å². The summed E-state index contributed by atoms with van der Waals surface area (Å²) in [6.07, 6.45) is 3.33. The van der Waals surface area contributed by atoms with Crippen LogP contribution in [0.3, 0.4) is 0 Å². The average molecular weight is 235 g/mol. The van der Waals surface area contributed by atoms with Gasteiger partial charge in [0.1, 0.15) is 0 Å². The number of halogens is 2. The molecule has 1 heterocycles. The molecule has 0 aliphatic rings. The lowest BCUT2D eigenvalue weighted by molar-refractivity contribution is -0.118. The van der Waals surface area contributed by atoms with E-state index in [4.69, 9.17) is 11.6 Å². The molecule has 0 aromatic carbocycles. The minimum Gasteiger partial charge on any atom is -0.321 e. The van der Waals surface area contributed by atoms with Crippen LogP contribution >= 0.6 is 23.4 Å². The van der Waals surface area contributed by atoms with Crippen molar-refractivity contribution in [1.82, 2.24) is 4.98 Å². The van der Waals surface area contributed by atoms with Crippen LogP contribution in [0, 0.1) is 0 Å². The Morgan fingerprint density at radius 2 is 2.43 bits per heavy atom. The van der Waals surface area contributed by atoms with Crippen molar-refractivity contribution in [3.63, 3.8) is 0 Å². The zero-order valence-electron chi connectivity index (χ0n) is 7.33. The number of aromatic nitrogens is 1. The van der Waals surface area contributed by atoms with E-state index in [0.29, 0.717) is 5.69 Å². The summed E-state index contributed by atoms with van der Waals surface area (Å²) in [7, 11) is 0. The molecule has 0 saturated heterocycles. The Labute approximate surface area is 90.0 Å². The molecular weight excluding hydrogens is 227 g/mol. The average Bonchev–Trinajstić information content (AvgIpc) is 2.19. The summed E-state index contributed by atoms with van der Waals surface area (Å²) < 4.78 is 12.3. The van der Waals surface area contributed by atoms with Crippen LogP contribution in [-0.2, 0) is 4.79 Å². The normalized spacial score (nSPS) is 12.2. The standard InChI is InChI=1S/C8H8ClFN2OS/c1-14-6-3-2-5(4-11-6)12-8(13)7(9)10/h2-4,7H,1H3,(H,12,13). The quantitative estimate of drug-likeness (QED) is 0.645. The number of hydrogen-bond acceptors (Lipinski definition) is 3. The van der Waals surface area contributed by atoms with Crippen LogP contribution in [0.15, 0.2) is 23.4 Å². The Morgan fingerprint density at radius 1 is 1.71 bits per heavy atom. The molecule has 1 rings (SSSR count). The molecule has 1 unspecified atom stereocenters. The molecule has 76 valence electrons. The molecular formula is C8H8ClFN2OS. The van der Waals surface area contributed by atoms with Gasteiger partial charge in [-0.2, -0.15) is 0 Å². The molecule has 6 heteroatoms. The van der Waals surface area contributed by atoms with Gasteiger partial charge in [0, 0.05) is 0 Å². The second-order valence-corrected chi connectivity index (χ2v) is 3.59. The van der Waals surface area contributed by atoms with Crippen LogP contribution in [0.25, 0.3) is 0 Å². The first kappa shape index (κ1) is 11.3. The molecule has 0 bridgehead atoms. The van der Waals surface area contributed by atoms with Gasteiger partial charge in [-0.3, -0.25) is 4.79 Å². The molecule has 0 fully saturated rings. The van der Waals surface area contributed by atoms with Crippen molar-refractivity contribution in [2.45, 2.75) is 10.7 Å². The van der Waals surface area contributed by atoms with Gasteiger partial charge in [0.2, 0.25) is 0 Å². The second-order valence-electron chi connectivity index (χ2n) is 2.38. The van der Waals surface area contributed by atoms with Crippen molar-refractivity contribution in [2.75, 3.05) is 11.6 Å². The Morgan fingerprint density at radius 3 is 2.86 bits per heavy atom. The molecule has 1 aromatic heterocycles. The van der Waals surface area contributed by atoms with Crippen molar-refractivity contribution in [1.29, 1.82) is 0 Å². The largest absolute Gasteiger partial charge is 0.321 e. The summed E-state index contributed by atoms with van der Waals surface area (Å²) in [5.74, 6) is -0.884. The second kappa shape index (κ2) is 5.17. The molecule has 0 aliphatic heterocycles. The molecule has 0 radical (unpaired) electrons. The Bertz CT molecular complexity index is 318. The molecule has 1 N–H and O–H groups in total. The van der Waals surface area contributed by atoms with Crippen LogP contribution in [0.2, 0.25) is 0 Å². The van der Waals surface area contributed by atoms with Gasteiger partial charge in [0.15, 0.2) is 0 Å². The van der Waals surface area contributed by atoms with Crippen LogP contribution < -0.4 is 5.32 Å². The highest BCUT2D eigenvalue weighted by molar-refractivity contribution is 7.98. The Hall–Kier alpha value is -0.810. The molecule has 3 nitrogen and oxygen atoms in total. The number of alkyl halides is 2. The van der Waals surface area contributed by atoms with Crippen molar-refractivity contribution < 1.29 is 9.18 Å². The van der Waals surface area contributed by atoms with Gasteiger partial charge >= 0.3 is 0 Å². The molecule has 14 heavy (non-hydrogen) atoms. The number of nitrogens with zero attached hydrogens (tertiary/aromatic N) is 1. The fourth-order valence-corrected chi connectivity index (χ4v) is 1.19. The van der Waals surface area contributed by atoms with Crippen LogP contribution in [0.1, 0.15) is 0 Å². The molecule has 1 aromatic rings. The predicted molar refractivity (Wildman–Crippen MR) is 55.4 cm³/mol. The summed E-state index contributed by atoms with van der Waals surface area (Å²) in [6, 6.07) is 3.36. The highest BCUT2D eigenvalue weighted by Crippen LogP contribution is 2.14. The summed E-state index contributed by atoms with van der Waals surface area (Å²) in [5.41, 5.74) is -1.61. The zero-order valence-corrected chi connectivity index (χ0v) is 8.90. The van der Waals surface area contributed by atoms with Crippen LogP contribution in [-0.4, -0.2) is 22.8 Å². The maximum Gasteiger partial charge on any atom is 0.274 e. The molecule has 1 amide bonds. The lowest BCUT2D eigenvalue weighted by Crippen LogP contribution is -2.19. The van der Waals surface area contributed by atoms with E-state index in [1.165, 1.54) is 18.0 Å². The molecule has 0 aliphatic carbocycles. The van der Waals surface area contributed by atoms with Gasteiger partial charge in [-0.15, -0.1) is 11.8 Å². The first-order valence-corrected chi connectivity index (χ1v) is 5.38. The number of carbonyl (C=O) groups is 1. The van der Waals surface area contributed by atoms with E-state index in [-0.39, 0.29) is 0 Å². The van der Waals surface area contributed by atoms with Crippen molar-refractivity contribution in [3.05, 3.63) is 18.3 Å². The minimum atomic E-state index is -2.03. The van der Waals surface area contributed by atoms with E-state index < -0.39 is 11.5 Å². The van der Waals surface area contributed by atoms with Gasteiger partial charge in [0.05, 0.1) is 16.9 Å². The molecule has 0 saturated carbocycles. The van der Waals surface area contributed by atoms with Gasteiger partial charge in [-0.25, -0.2) is 9.37 Å². The highest BCUT2D eigenvalue weighted by atomic mass is 35.5. The SMILES string of the molecule is CSc1ccc(NC(=O)C(F)Cl)cn1. The highest BCUT2D eigenvalue weighted by Gasteiger charge is 2.12. The topological polar surface area (TPSA) is 42.0 Å². The summed E-state index contributed by atoms with van der Waals surface area (Å²) >= 11 is 6.41. The van der Waals surface area contributed by atoms with Gasteiger partial charge in [-0.05, 0) is 18.4 Å². The van der Waals surface area contributed by atoms with Crippen molar-refractivity contribution in [2.24, 2.45) is 0 Å². The van der Waals surface area contributed by atoms with Crippen LogP contribution in [0.4, 0.5) is 10.1 Å². The van der Waals surface area contributed by atoms with Crippen molar-refractivity contribution >= 4 is 35.0 Å². The maximum atomic E-state index is 12.3. The van der Waals surface area contributed by atoms with Gasteiger partial charge < -0.3 is 5.32 Å². The fraction of sp³-hybridized carbons (Fsp3) is 0.250. The van der Waals surface area contributed by atoms with E-state index >= 15 is 0 Å². The third kappa shape index (κ3) is 3.16. The first-order valence-electron chi connectivity index (χ1n) is 3.72. The van der Waals surface area contributed by atoms with E-state index in [0.717, 1.165) is 5.03 Å². The summed E-state index contributed by atoms with van der Waals surface area (Å²) in [4.78, 5) is 14.8. The van der Waals surface area contributed by atoms with Gasteiger partial charge in [0.25, 0.3) is 11.5 Å².